The largest absolute Gasteiger partial charge is 0.340 e. The lowest BCUT2D eigenvalue weighted by molar-refractivity contribution is 0.588. The molecule has 0 fully saturated rings. The summed E-state index contributed by atoms with van der Waals surface area (Å²) in [4.78, 5) is 8.64. The van der Waals surface area contributed by atoms with Gasteiger partial charge in [-0.25, -0.2) is 23.1 Å². The van der Waals surface area contributed by atoms with Crippen LogP contribution in [0.5, 0.6) is 0 Å². The van der Waals surface area contributed by atoms with Gasteiger partial charge in [0.05, 0.1) is 4.90 Å². The van der Waals surface area contributed by atoms with E-state index in [0.29, 0.717) is 17.3 Å². The second kappa shape index (κ2) is 7.41. The minimum atomic E-state index is -3.51. The van der Waals surface area contributed by atoms with Crippen molar-refractivity contribution in [3.05, 3.63) is 72.1 Å². The molecular formula is C20H19N5O2S. The smallest absolute Gasteiger partial charge is 0.240 e. The molecule has 1 aliphatic carbocycles. The van der Waals surface area contributed by atoms with E-state index in [1.807, 2.05) is 6.07 Å². The standard InChI is InChI=1S/C20H19N5O2S/c1-21-28(26,27)18-7-3-6-16(11-18)24-19-12-20(23-13-22-19)25-17-9-8-14-4-2-5-15(14)10-17/h2-3,5-13,21H,4H2,1H3,(H2,22,23,24,25). The van der Waals surface area contributed by atoms with Gasteiger partial charge in [0.25, 0.3) is 0 Å². The van der Waals surface area contributed by atoms with Crippen molar-refractivity contribution in [2.45, 2.75) is 11.3 Å². The van der Waals surface area contributed by atoms with Crippen molar-refractivity contribution in [3.63, 3.8) is 0 Å². The van der Waals surface area contributed by atoms with Crippen LogP contribution < -0.4 is 15.4 Å². The van der Waals surface area contributed by atoms with Crippen LogP contribution in [0.3, 0.4) is 0 Å². The first-order valence-corrected chi connectivity index (χ1v) is 10.2. The van der Waals surface area contributed by atoms with E-state index in [-0.39, 0.29) is 4.90 Å². The van der Waals surface area contributed by atoms with Gasteiger partial charge in [-0.1, -0.05) is 24.3 Å². The molecule has 0 radical (unpaired) electrons. The van der Waals surface area contributed by atoms with Gasteiger partial charge in [-0.15, -0.1) is 0 Å². The minimum absolute atomic E-state index is 0.179. The predicted octanol–water partition coefficient (Wildman–Crippen LogP) is 3.44. The van der Waals surface area contributed by atoms with Gasteiger partial charge in [0.2, 0.25) is 10.0 Å². The zero-order valence-electron chi connectivity index (χ0n) is 15.2. The number of fused-ring (bicyclic) bond motifs is 1. The molecule has 1 heterocycles. The summed E-state index contributed by atoms with van der Waals surface area (Å²) < 4.78 is 26.2. The first-order chi connectivity index (χ1) is 13.5. The average Bonchev–Trinajstić information content (AvgIpc) is 3.16. The highest BCUT2D eigenvalue weighted by Crippen LogP contribution is 2.26. The van der Waals surface area contributed by atoms with E-state index in [4.69, 9.17) is 0 Å². The van der Waals surface area contributed by atoms with Crippen LogP contribution in [0.25, 0.3) is 6.08 Å². The van der Waals surface area contributed by atoms with Gasteiger partial charge in [0.15, 0.2) is 0 Å². The van der Waals surface area contributed by atoms with Gasteiger partial charge in [-0.2, -0.15) is 0 Å². The normalized spacial score (nSPS) is 12.6. The third-order valence-corrected chi connectivity index (χ3v) is 5.82. The van der Waals surface area contributed by atoms with Crippen molar-refractivity contribution in [2.75, 3.05) is 17.7 Å². The van der Waals surface area contributed by atoms with Crippen LogP contribution in [0.4, 0.5) is 23.0 Å². The molecular weight excluding hydrogens is 374 g/mol. The molecule has 0 unspecified atom stereocenters. The van der Waals surface area contributed by atoms with E-state index in [0.717, 1.165) is 12.1 Å². The first-order valence-electron chi connectivity index (χ1n) is 8.73. The number of aromatic nitrogens is 2. The Balaban J connectivity index is 1.53. The Bertz CT molecular complexity index is 1160. The molecule has 3 N–H and O–H groups in total. The van der Waals surface area contributed by atoms with E-state index < -0.39 is 10.0 Å². The maximum Gasteiger partial charge on any atom is 0.240 e. The molecule has 1 aromatic heterocycles. The van der Waals surface area contributed by atoms with Crippen LogP contribution in [0.15, 0.2) is 65.8 Å². The van der Waals surface area contributed by atoms with E-state index >= 15 is 0 Å². The summed E-state index contributed by atoms with van der Waals surface area (Å²) in [5.41, 5.74) is 4.08. The lowest BCUT2D eigenvalue weighted by Gasteiger charge is -2.11. The third-order valence-electron chi connectivity index (χ3n) is 4.41. The molecule has 0 amide bonds. The Kier molecular flexibility index (Phi) is 4.81. The summed E-state index contributed by atoms with van der Waals surface area (Å²) in [5, 5.41) is 6.39. The molecule has 3 aromatic rings. The second-order valence-electron chi connectivity index (χ2n) is 6.29. The van der Waals surface area contributed by atoms with Crippen molar-refractivity contribution in [1.29, 1.82) is 0 Å². The van der Waals surface area contributed by atoms with Crippen LogP contribution in [0.2, 0.25) is 0 Å². The SMILES string of the molecule is CNS(=O)(=O)c1cccc(Nc2cc(Nc3ccc4c(c3)C=CC4)ncn2)c1. The summed E-state index contributed by atoms with van der Waals surface area (Å²) in [6, 6.07) is 14.5. The molecule has 1 aliphatic rings. The van der Waals surface area contributed by atoms with Gasteiger partial charge in [0, 0.05) is 17.4 Å². The molecule has 0 saturated carbocycles. The van der Waals surface area contributed by atoms with E-state index in [1.54, 1.807) is 24.3 Å². The molecule has 28 heavy (non-hydrogen) atoms. The molecule has 142 valence electrons. The summed E-state index contributed by atoms with van der Waals surface area (Å²) in [7, 11) is -2.13. The fourth-order valence-electron chi connectivity index (χ4n) is 2.98. The Morgan fingerprint density at radius 2 is 1.68 bits per heavy atom. The quantitative estimate of drug-likeness (QED) is 0.594. The fourth-order valence-corrected chi connectivity index (χ4v) is 3.75. The number of sulfonamides is 1. The third kappa shape index (κ3) is 3.88. The van der Waals surface area contributed by atoms with Crippen molar-refractivity contribution in [2.24, 2.45) is 0 Å². The van der Waals surface area contributed by atoms with Crippen molar-refractivity contribution in [1.82, 2.24) is 14.7 Å². The zero-order chi connectivity index (χ0) is 19.6. The average molecular weight is 393 g/mol. The van der Waals surface area contributed by atoms with Crippen molar-refractivity contribution >= 4 is 39.1 Å². The van der Waals surface area contributed by atoms with Crippen LogP contribution in [0, 0.1) is 0 Å². The van der Waals surface area contributed by atoms with Crippen LogP contribution in [-0.4, -0.2) is 25.4 Å². The molecule has 0 atom stereocenters. The minimum Gasteiger partial charge on any atom is -0.340 e. The number of nitrogens with one attached hydrogen (secondary N) is 3. The van der Waals surface area contributed by atoms with Crippen LogP contribution in [-0.2, 0) is 16.4 Å². The van der Waals surface area contributed by atoms with Gasteiger partial charge < -0.3 is 10.6 Å². The highest BCUT2D eigenvalue weighted by molar-refractivity contribution is 7.89. The number of rotatable bonds is 6. The van der Waals surface area contributed by atoms with Gasteiger partial charge in [-0.05, 0) is 54.9 Å². The maximum absolute atomic E-state index is 12.0. The molecule has 0 bridgehead atoms. The summed E-state index contributed by atoms with van der Waals surface area (Å²) in [6.07, 6.45) is 6.68. The molecule has 7 nitrogen and oxygen atoms in total. The molecule has 0 spiro atoms. The molecule has 8 heteroatoms. The van der Waals surface area contributed by atoms with E-state index in [2.05, 4.69) is 49.6 Å². The number of anilines is 4. The number of hydrogen-bond acceptors (Lipinski definition) is 6. The monoisotopic (exact) mass is 393 g/mol. The van der Waals surface area contributed by atoms with Crippen LogP contribution >= 0.6 is 0 Å². The van der Waals surface area contributed by atoms with Crippen molar-refractivity contribution in [3.8, 4) is 0 Å². The topological polar surface area (TPSA) is 96.0 Å². The van der Waals surface area contributed by atoms with E-state index in [1.165, 1.54) is 30.6 Å². The van der Waals surface area contributed by atoms with E-state index in [9.17, 15) is 8.42 Å². The van der Waals surface area contributed by atoms with Crippen LogP contribution in [0.1, 0.15) is 11.1 Å². The number of benzene rings is 2. The Hall–Kier alpha value is -3.23. The molecule has 2 aromatic carbocycles. The Morgan fingerprint density at radius 1 is 0.929 bits per heavy atom. The number of allylic oxidation sites excluding steroid dienone is 1. The Labute approximate surface area is 163 Å². The molecule has 4 rings (SSSR count). The van der Waals surface area contributed by atoms with Crippen molar-refractivity contribution < 1.29 is 8.42 Å². The lowest BCUT2D eigenvalue weighted by Crippen LogP contribution is -2.18. The molecule has 0 saturated heterocycles. The van der Waals surface area contributed by atoms with Gasteiger partial charge in [-0.3, -0.25) is 0 Å². The summed E-state index contributed by atoms with van der Waals surface area (Å²) in [5.74, 6) is 1.19. The maximum atomic E-state index is 12.0. The fraction of sp³-hybridized carbons (Fsp3) is 0.100. The highest BCUT2D eigenvalue weighted by atomic mass is 32.2. The molecule has 0 aliphatic heterocycles. The second-order valence-corrected chi connectivity index (χ2v) is 8.18. The summed E-state index contributed by atoms with van der Waals surface area (Å²) in [6.45, 7) is 0. The van der Waals surface area contributed by atoms with Gasteiger partial charge >= 0.3 is 0 Å². The first kappa shape index (κ1) is 18.1. The van der Waals surface area contributed by atoms with Gasteiger partial charge in [0.1, 0.15) is 18.0 Å². The number of hydrogen-bond donors (Lipinski definition) is 3. The highest BCUT2D eigenvalue weighted by Gasteiger charge is 2.12. The lowest BCUT2D eigenvalue weighted by atomic mass is 10.1. The number of nitrogens with zero attached hydrogens (tertiary/aromatic N) is 2. The Morgan fingerprint density at radius 3 is 2.43 bits per heavy atom. The zero-order valence-corrected chi connectivity index (χ0v) is 16.0. The predicted molar refractivity (Wildman–Crippen MR) is 110 cm³/mol. The summed E-state index contributed by atoms with van der Waals surface area (Å²) >= 11 is 0.